The first-order valence-corrected chi connectivity index (χ1v) is 7.75. The van der Waals surface area contributed by atoms with Crippen molar-refractivity contribution in [2.45, 2.75) is 66.9 Å². The summed E-state index contributed by atoms with van der Waals surface area (Å²) in [7, 11) is 0. The van der Waals surface area contributed by atoms with E-state index >= 15 is 0 Å². The number of esters is 1. The molecule has 0 radical (unpaired) electrons. The Labute approximate surface area is 128 Å². The molecule has 0 amide bonds. The summed E-state index contributed by atoms with van der Waals surface area (Å²) in [6.07, 6.45) is 5.48. The van der Waals surface area contributed by atoms with Crippen molar-refractivity contribution in [3.8, 4) is 0 Å². The summed E-state index contributed by atoms with van der Waals surface area (Å²) in [4.78, 5) is 23.5. The Kier molecular flexibility index (Phi) is 5.94. The SMILES string of the molecule is CC1=C(C=CC(C)OC(=O)CC(C)C)C(C)(C)CCC1=O. The number of Topliss-reactive ketones (excluding diaryl/α,β-unsaturated/α-hetero) is 1. The maximum Gasteiger partial charge on any atom is 0.306 e. The van der Waals surface area contributed by atoms with Crippen LogP contribution in [0.25, 0.3) is 0 Å². The number of carbonyl (C=O) groups excluding carboxylic acids is 2. The lowest BCUT2D eigenvalue weighted by Gasteiger charge is -2.32. The average Bonchev–Trinajstić information content (AvgIpc) is 2.32. The van der Waals surface area contributed by atoms with E-state index in [4.69, 9.17) is 4.74 Å². The van der Waals surface area contributed by atoms with E-state index in [0.717, 1.165) is 17.6 Å². The Morgan fingerprint density at radius 3 is 2.52 bits per heavy atom. The highest BCUT2D eigenvalue weighted by Gasteiger charge is 2.30. The van der Waals surface area contributed by atoms with Crippen LogP contribution < -0.4 is 0 Å². The highest BCUT2D eigenvalue weighted by atomic mass is 16.5. The van der Waals surface area contributed by atoms with Gasteiger partial charge in [-0.1, -0.05) is 33.8 Å². The number of hydrogen-bond donors (Lipinski definition) is 0. The van der Waals surface area contributed by atoms with Gasteiger partial charge in [0.25, 0.3) is 0 Å². The molecule has 0 N–H and O–H groups in total. The van der Waals surface area contributed by atoms with E-state index in [2.05, 4.69) is 13.8 Å². The molecule has 0 spiro atoms. The zero-order valence-electron chi connectivity index (χ0n) is 14.2. The van der Waals surface area contributed by atoms with E-state index in [1.807, 2.05) is 39.8 Å². The summed E-state index contributed by atoms with van der Waals surface area (Å²) in [5, 5.41) is 0. The highest BCUT2D eigenvalue weighted by molar-refractivity contribution is 5.97. The fourth-order valence-corrected chi connectivity index (χ4v) is 2.62. The quantitative estimate of drug-likeness (QED) is 0.712. The second kappa shape index (κ2) is 7.06. The number of ether oxygens (including phenoxy) is 1. The van der Waals surface area contributed by atoms with Gasteiger partial charge in [-0.3, -0.25) is 9.59 Å². The topological polar surface area (TPSA) is 43.4 Å². The number of ketones is 1. The van der Waals surface area contributed by atoms with Gasteiger partial charge < -0.3 is 4.74 Å². The van der Waals surface area contributed by atoms with E-state index in [0.29, 0.717) is 18.8 Å². The van der Waals surface area contributed by atoms with Crippen molar-refractivity contribution in [3.63, 3.8) is 0 Å². The predicted octanol–water partition coefficient (Wildman–Crippen LogP) is 4.23. The lowest BCUT2D eigenvalue weighted by molar-refractivity contribution is -0.147. The second-order valence-electron chi connectivity index (χ2n) is 7.00. The molecule has 1 aliphatic carbocycles. The standard InChI is InChI=1S/C18H28O3/c1-12(2)11-17(20)21-13(3)7-8-15-14(4)16(19)9-10-18(15,5)6/h7-8,12-13H,9-11H2,1-6H3. The van der Waals surface area contributed by atoms with Gasteiger partial charge in [0.15, 0.2) is 5.78 Å². The fourth-order valence-electron chi connectivity index (χ4n) is 2.62. The first-order valence-electron chi connectivity index (χ1n) is 7.75. The molecule has 0 aromatic heterocycles. The second-order valence-corrected chi connectivity index (χ2v) is 7.00. The molecule has 3 nitrogen and oxygen atoms in total. The van der Waals surface area contributed by atoms with Gasteiger partial charge in [0.2, 0.25) is 0 Å². The van der Waals surface area contributed by atoms with E-state index in [9.17, 15) is 9.59 Å². The van der Waals surface area contributed by atoms with Gasteiger partial charge in [0.05, 0.1) is 0 Å². The average molecular weight is 292 g/mol. The molecule has 1 atom stereocenters. The van der Waals surface area contributed by atoms with Gasteiger partial charge in [-0.05, 0) is 48.8 Å². The molecular formula is C18H28O3. The van der Waals surface area contributed by atoms with Crippen LogP contribution >= 0.6 is 0 Å². The molecule has 0 aromatic carbocycles. The number of rotatable bonds is 5. The third-order valence-electron chi connectivity index (χ3n) is 3.95. The molecule has 0 fully saturated rings. The van der Waals surface area contributed by atoms with Crippen molar-refractivity contribution in [3.05, 3.63) is 23.3 Å². The molecule has 0 bridgehead atoms. The maximum absolute atomic E-state index is 11.9. The van der Waals surface area contributed by atoms with Crippen LogP contribution in [0.2, 0.25) is 0 Å². The molecule has 1 aliphatic rings. The lowest BCUT2D eigenvalue weighted by Crippen LogP contribution is -2.24. The summed E-state index contributed by atoms with van der Waals surface area (Å²) >= 11 is 0. The number of carbonyl (C=O) groups is 2. The zero-order valence-corrected chi connectivity index (χ0v) is 14.2. The van der Waals surface area contributed by atoms with E-state index in [1.165, 1.54) is 0 Å². The Morgan fingerprint density at radius 2 is 1.95 bits per heavy atom. The zero-order chi connectivity index (χ0) is 16.2. The van der Waals surface area contributed by atoms with Gasteiger partial charge in [0, 0.05) is 12.8 Å². The molecule has 3 heteroatoms. The third-order valence-corrected chi connectivity index (χ3v) is 3.95. The van der Waals surface area contributed by atoms with Crippen LogP contribution in [-0.2, 0) is 14.3 Å². The summed E-state index contributed by atoms with van der Waals surface area (Å²) in [5.74, 6) is 0.346. The summed E-state index contributed by atoms with van der Waals surface area (Å²) < 4.78 is 5.35. The lowest BCUT2D eigenvalue weighted by atomic mass is 9.72. The molecule has 118 valence electrons. The van der Waals surface area contributed by atoms with Crippen molar-refractivity contribution in [2.24, 2.45) is 11.3 Å². The summed E-state index contributed by atoms with van der Waals surface area (Å²) in [6, 6.07) is 0. The Hall–Kier alpha value is -1.38. The molecule has 0 heterocycles. The Bertz CT molecular complexity index is 467. The minimum absolute atomic E-state index is 0.00381. The molecule has 1 rings (SSSR count). The minimum Gasteiger partial charge on any atom is -0.458 e. The molecule has 0 aliphatic heterocycles. The van der Waals surface area contributed by atoms with Crippen LogP contribution in [0.3, 0.4) is 0 Å². The largest absolute Gasteiger partial charge is 0.458 e. The first-order chi connectivity index (χ1) is 9.63. The van der Waals surface area contributed by atoms with Crippen molar-refractivity contribution < 1.29 is 14.3 Å². The van der Waals surface area contributed by atoms with Crippen LogP contribution in [0, 0.1) is 11.3 Å². The van der Waals surface area contributed by atoms with Crippen molar-refractivity contribution in [2.75, 3.05) is 0 Å². The smallest absolute Gasteiger partial charge is 0.306 e. The fraction of sp³-hybridized carbons (Fsp3) is 0.667. The molecule has 21 heavy (non-hydrogen) atoms. The van der Waals surface area contributed by atoms with Crippen molar-refractivity contribution in [1.82, 2.24) is 0 Å². The van der Waals surface area contributed by atoms with Gasteiger partial charge in [-0.25, -0.2) is 0 Å². The van der Waals surface area contributed by atoms with Gasteiger partial charge >= 0.3 is 5.97 Å². The molecular weight excluding hydrogens is 264 g/mol. The summed E-state index contributed by atoms with van der Waals surface area (Å²) in [6.45, 7) is 12.0. The molecule has 0 saturated carbocycles. The molecule has 0 saturated heterocycles. The molecule has 1 unspecified atom stereocenters. The maximum atomic E-state index is 11.9. The van der Waals surface area contributed by atoms with Crippen molar-refractivity contribution >= 4 is 11.8 Å². The Balaban J connectivity index is 2.76. The summed E-state index contributed by atoms with van der Waals surface area (Å²) in [5.41, 5.74) is 1.89. The van der Waals surface area contributed by atoms with Crippen LogP contribution in [-0.4, -0.2) is 17.9 Å². The van der Waals surface area contributed by atoms with Gasteiger partial charge in [-0.15, -0.1) is 0 Å². The van der Waals surface area contributed by atoms with Crippen molar-refractivity contribution in [1.29, 1.82) is 0 Å². The first kappa shape index (κ1) is 17.7. The van der Waals surface area contributed by atoms with Gasteiger partial charge in [0.1, 0.15) is 6.10 Å². The number of allylic oxidation sites excluding steroid dienone is 3. The number of hydrogen-bond acceptors (Lipinski definition) is 3. The normalized spacial score (nSPS) is 20.2. The van der Waals surface area contributed by atoms with E-state index in [-0.39, 0.29) is 23.3 Å². The predicted molar refractivity (Wildman–Crippen MR) is 84.9 cm³/mol. The van der Waals surface area contributed by atoms with E-state index < -0.39 is 0 Å². The third kappa shape index (κ3) is 5.14. The van der Waals surface area contributed by atoms with Crippen LogP contribution in [0.1, 0.15) is 60.8 Å². The van der Waals surface area contributed by atoms with Crippen LogP contribution in [0.5, 0.6) is 0 Å². The van der Waals surface area contributed by atoms with E-state index in [1.54, 1.807) is 0 Å². The minimum atomic E-state index is -0.274. The Morgan fingerprint density at radius 1 is 1.33 bits per heavy atom. The molecule has 0 aromatic rings. The van der Waals surface area contributed by atoms with Crippen LogP contribution in [0.15, 0.2) is 23.3 Å². The monoisotopic (exact) mass is 292 g/mol. The van der Waals surface area contributed by atoms with Gasteiger partial charge in [-0.2, -0.15) is 0 Å². The van der Waals surface area contributed by atoms with Crippen LogP contribution in [0.4, 0.5) is 0 Å². The highest BCUT2D eigenvalue weighted by Crippen LogP contribution is 2.39.